The number of hydrogen-bond donors (Lipinski definition) is 0. The lowest BCUT2D eigenvalue weighted by Crippen LogP contribution is -2.31. The summed E-state index contributed by atoms with van der Waals surface area (Å²) in [7, 11) is 1.98. The van der Waals surface area contributed by atoms with Gasteiger partial charge in [-0.05, 0) is 13.8 Å². The first kappa shape index (κ1) is 9.95. The number of rotatable bonds is 3. The lowest BCUT2D eigenvalue weighted by atomic mass is 10.3. The molecule has 0 spiro atoms. The predicted octanol–water partition coefficient (Wildman–Crippen LogP) is 2.05. The summed E-state index contributed by atoms with van der Waals surface area (Å²) < 4.78 is 0. The third-order valence-electron chi connectivity index (χ3n) is 1.74. The van der Waals surface area contributed by atoms with Gasteiger partial charge in [-0.15, -0.1) is 6.58 Å². The summed E-state index contributed by atoms with van der Waals surface area (Å²) in [5.74, 6) is 0.951. The van der Waals surface area contributed by atoms with E-state index in [4.69, 9.17) is 0 Å². The molecule has 1 atom stereocenters. The second-order valence-electron chi connectivity index (χ2n) is 2.45. The van der Waals surface area contributed by atoms with Gasteiger partial charge in [0.15, 0.2) is 0 Å². The Hall–Kier alpha value is -1.05. The van der Waals surface area contributed by atoms with Crippen molar-refractivity contribution in [2.45, 2.75) is 19.9 Å². The fraction of sp³-hybridized carbons (Fsp3) is 0.444. The number of aliphatic imine (C=N–C) groups is 1. The van der Waals surface area contributed by atoms with Crippen LogP contribution in [0, 0.1) is 0 Å². The molecule has 0 aliphatic heterocycles. The van der Waals surface area contributed by atoms with Crippen LogP contribution in [0.4, 0.5) is 0 Å². The molecule has 2 heteroatoms. The van der Waals surface area contributed by atoms with Gasteiger partial charge in [0.05, 0.1) is 0 Å². The molecule has 0 N–H and O–H groups in total. The Kier molecular flexibility index (Phi) is 4.27. The largest absolute Gasteiger partial charge is 0.357 e. The zero-order valence-electron chi connectivity index (χ0n) is 7.54. The maximum absolute atomic E-state index is 4.05. The van der Waals surface area contributed by atoms with Crippen LogP contribution in [0.25, 0.3) is 0 Å². The van der Waals surface area contributed by atoms with E-state index in [1.807, 2.05) is 24.9 Å². The van der Waals surface area contributed by atoms with E-state index < -0.39 is 0 Å². The first-order valence-electron chi connectivity index (χ1n) is 3.64. The van der Waals surface area contributed by atoms with Crippen molar-refractivity contribution in [1.29, 1.82) is 0 Å². The van der Waals surface area contributed by atoms with Crippen LogP contribution in [-0.2, 0) is 0 Å². The standard InChI is InChI=1S/C9H16N2/c1-6-8(3)11(5)9(4)10-7-2/h6-8H,1-2H2,3-5H3. The van der Waals surface area contributed by atoms with Gasteiger partial charge < -0.3 is 4.90 Å². The third-order valence-corrected chi connectivity index (χ3v) is 1.74. The molecule has 2 nitrogen and oxygen atoms in total. The highest BCUT2D eigenvalue weighted by Gasteiger charge is 2.04. The van der Waals surface area contributed by atoms with E-state index in [0.717, 1.165) is 5.84 Å². The Morgan fingerprint density at radius 1 is 1.55 bits per heavy atom. The minimum atomic E-state index is 0.318. The molecule has 0 radical (unpaired) electrons. The molecule has 1 unspecified atom stereocenters. The third kappa shape index (κ3) is 3.03. The van der Waals surface area contributed by atoms with E-state index in [2.05, 4.69) is 25.1 Å². The molecule has 11 heavy (non-hydrogen) atoms. The van der Waals surface area contributed by atoms with Gasteiger partial charge in [0.2, 0.25) is 0 Å². The Balaban J connectivity index is 4.22. The Morgan fingerprint density at radius 3 is 2.45 bits per heavy atom. The van der Waals surface area contributed by atoms with Crippen molar-refractivity contribution in [3.63, 3.8) is 0 Å². The first-order valence-corrected chi connectivity index (χ1v) is 3.64. The van der Waals surface area contributed by atoms with Crippen LogP contribution in [0.5, 0.6) is 0 Å². The molecule has 0 saturated carbocycles. The molecule has 0 heterocycles. The van der Waals surface area contributed by atoms with E-state index in [1.54, 1.807) is 6.20 Å². The van der Waals surface area contributed by atoms with Crippen molar-refractivity contribution in [1.82, 2.24) is 4.90 Å². The summed E-state index contributed by atoms with van der Waals surface area (Å²) in [5.41, 5.74) is 0. The van der Waals surface area contributed by atoms with E-state index in [1.165, 1.54) is 0 Å². The van der Waals surface area contributed by atoms with Gasteiger partial charge in [0.1, 0.15) is 5.84 Å². The van der Waals surface area contributed by atoms with Crippen molar-refractivity contribution in [2.75, 3.05) is 7.05 Å². The number of amidine groups is 1. The lowest BCUT2D eigenvalue weighted by Gasteiger charge is -2.23. The molecule has 62 valence electrons. The van der Waals surface area contributed by atoms with Crippen LogP contribution < -0.4 is 0 Å². The van der Waals surface area contributed by atoms with Crippen molar-refractivity contribution in [3.05, 3.63) is 25.4 Å². The summed E-state index contributed by atoms with van der Waals surface area (Å²) in [6.07, 6.45) is 3.42. The highest BCUT2D eigenvalue weighted by molar-refractivity contribution is 5.80. The molecule has 0 rings (SSSR count). The summed E-state index contributed by atoms with van der Waals surface area (Å²) in [6.45, 7) is 11.2. The van der Waals surface area contributed by atoms with E-state index in [-0.39, 0.29) is 0 Å². The predicted molar refractivity (Wildman–Crippen MR) is 50.7 cm³/mol. The van der Waals surface area contributed by atoms with Crippen molar-refractivity contribution in [2.24, 2.45) is 4.99 Å². The van der Waals surface area contributed by atoms with Gasteiger partial charge in [-0.2, -0.15) is 0 Å². The van der Waals surface area contributed by atoms with Crippen LogP contribution in [-0.4, -0.2) is 23.8 Å². The minimum Gasteiger partial charge on any atom is -0.357 e. The SMILES string of the molecule is C=CN=C(C)N(C)C(C)C=C. The molecule has 0 aliphatic rings. The maximum atomic E-state index is 4.05. The molecule has 0 aromatic rings. The van der Waals surface area contributed by atoms with Gasteiger partial charge in [0, 0.05) is 19.3 Å². The molecular weight excluding hydrogens is 136 g/mol. The molecule has 0 bridgehead atoms. The molecular formula is C9H16N2. The molecule has 0 amide bonds. The van der Waals surface area contributed by atoms with Crippen LogP contribution in [0.1, 0.15) is 13.8 Å². The molecule has 0 aromatic carbocycles. The molecule has 0 aliphatic carbocycles. The second-order valence-corrected chi connectivity index (χ2v) is 2.45. The summed E-state index contributed by atoms with van der Waals surface area (Å²) in [5, 5.41) is 0. The van der Waals surface area contributed by atoms with Crippen molar-refractivity contribution < 1.29 is 0 Å². The van der Waals surface area contributed by atoms with E-state index >= 15 is 0 Å². The monoisotopic (exact) mass is 152 g/mol. The van der Waals surface area contributed by atoms with Crippen LogP contribution >= 0.6 is 0 Å². The fourth-order valence-corrected chi connectivity index (χ4v) is 0.676. The molecule has 0 saturated heterocycles. The number of likely N-dealkylation sites (N-methyl/N-ethyl adjacent to an activating group) is 1. The van der Waals surface area contributed by atoms with Crippen molar-refractivity contribution in [3.8, 4) is 0 Å². The summed E-state index contributed by atoms with van der Waals surface area (Å²) >= 11 is 0. The topological polar surface area (TPSA) is 15.6 Å². The smallest absolute Gasteiger partial charge is 0.101 e. The van der Waals surface area contributed by atoms with Gasteiger partial charge >= 0.3 is 0 Å². The minimum absolute atomic E-state index is 0.318. The molecule has 0 aromatic heterocycles. The second kappa shape index (κ2) is 4.72. The number of hydrogen-bond acceptors (Lipinski definition) is 1. The van der Waals surface area contributed by atoms with Gasteiger partial charge in [-0.25, -0.2) is 4.99 Å². The maximum Gasteiger partial charge on any atom is 0.101 e. The summed E-state index contributed by atoms with van der Waals surface area (Å²) in [4.78, 5) is 6.09. The van der Waals surface area contributed by atoms with E-state index in [0.29, 0.717) is 6.04 Å². The average molecular weight is 152 g/mol. The first-order chi connectivity index (χ1) is 5.13. The zero-order valence-corrected chi connectivity index (χ0v) is 7.54. The number of nitrogens with zero attached hydrogens (tertiary/aromatic N) is 2. The zero-order chi connectivity index (χ0) is 8.85. The Bertz CT molecular complexity index is 170. The highest BCUT2D eigenvalue weighted by Crippen LogP contribution is 1.97. The van der Waals surface area contributed by atoms with Gasteiger partial charge in [0.25, 0.3) is 0 Å². The fourth-order valence-electron chi connectivity index (χ4n) is 0.676. The van der Waals surface area contributed by atoms with Gasteiger partial charge in [-0.1, -0.05) is 12.7 Å². The summed E-state index contributed by atoms with van der Waals surface area (Å²) in [6, 6.07) is 0.318. The average Bonchev–Trinajstić information content (AvgIpc) is 2.02. The van der Waals surface area contributed by atoms with Crippen LogP contribution in [0.2, 0.25) is 0 Å². The Morgan fingerprint density at radius 2 is 2.09 bits per heavy atom. The van der Waals surface area contributed by atoms with Crippen LogP contribution in [0.15, 0.2) is 30.4 Å². The molecule has 0 fully saturated rings. The highest BCUT2D eigenvalue weighted by atomic mass is 15.2. The lowest BCUT2D eigenvalue weighted by molar-refractivity contribution is 0.450. The Labute approximate surface area is 68.9 Å². The quantitative estimate of drug-likeness (QED) is 0.343. The van der Waals surface area contributed by atoms with Gasteiger partial charge in [-0.3, -0.25) is 0 Å². The van der Waals surface area contributed by atoms with Crippen LogP contribution in [0.3, 0.4) is 0 Å². The normalized spacial score (nSPS) is 13.9. The van der Waals surface area contributed by atoms with Crippen molar-refractivity contribution >= 4 is 5.84 Å². The van der Waals surface area contributed by atoms with E-state index in [9.17, 15) is 0 Å².